The molecule has 2 aromatic heterocycles. The highest BCUT2D eigenvalue weighted by molar-refractivity contribution is 7.98. The van der Waals surface area contributed by atoms with Gasteiger partial charge in [-0.2, -0.15) is 4.98 Å². The first-order chi connectivity index (χ1) is 12.2. The Kier molecular flexibility index (Phi) is 4.15. The Labute approximate surface area is 148 Å². The number of H-pyrrole nitrogens is 1. The first-order valence-corrected chi connectivity index (χ1v) is 8.76. The van der Waals surface area contributed by atoms with Crippen LogP contribution in [0.3, 0.4) is 0 Å². The van der Waals surface area contributed by atoms with Crippen molar-refractivity contribution in [2.75, 3.05) is 7.11 Å². The van der Waals surface area contributed by atoms with Gasteiger partial charge in [-0.1, -0.05) is 41.2 Å². The zero-order valence-electron chi connectivity index (χ0n) is 13.8. The number of aromatic amines is 1. The lowest BCUT2D eigenvalue weighted by Crippen LogP contribution is -1.86. The molecule has 6 nitrogen and oxygen atoms in total. The highest BCUT2D eigenvalue weighted by Gasteiger charge is 2.12. The van der Waals surface area contributed by atoms with Gasteiger partial charge in [-0.15, -0.1) is 0 Å². The SMILES string of the molecule is COc1ccc2nc(SCc3nc(-c4ccccc4C)no3)[nH]c2c1. The van der Waals surface area contributed by atoms with Gasteiger partial charge < -0.3 is 14.2 Å². The Balaban J connectivity index is 1.49. The Morgan fingerprint density at radius 1 is 1.16 bits per heavy atom. The van der Waals surface area contributed by atoms with Gasteiger partial charge in [0.05, 0.1) is 23.9 Å². The third-order valence-electron chi connectivity index (χ3n) is 3.85. The Morgan fingerprint density at radius 3 is 2.88 bits per heavy atom. The number of nitrogens with zero attached hydrogens (tertiary/aromatic N) is 3. The van der Waals surface area contributed by atoms with E-state index in [9.17, 15) is 0 Å². The van der Waals surface area contributed by atoms with Crippen molar-refractivity contribution in [3.8, 4) is 17.1 Å². The minimum atomic E-state index is 0.551. The van der Waals surface area contributed by atoms with Crippen molar-refractivity contribution in [3.05, 3.63) is 53.9 Å². The normalized spacial score (nSPS) is 11.1. The molecule has 0 atom stereocenters. The quantitative estimate of drug-likeness (QED) is 0.542. The highest BCUT2D eigenvalue weighted by Crippen LogP contribution is 2.26. The van der Waals surface area contributed by atoms with E-state index < -0.39 is 0 Å². The molecule has 2 heterocycles. The van der Waals surface area contributed by atoms with Crippen LogP contribution in [0, 0.1) is 6.92 Å². The molecule has 0 bridgehead atoms. The first kappa shape index (κ1) is 15.7. The molecule has 7 heteroatoms. The summed E-state index contributed by atoms with van der Waals surface area (Å²) in [5, 5.41) is 4.88. The molecule has 0 fully saturated rings. The van der Waals surface area contributed by atoms with Crippen LogP contribution >= 0.6 is 11.8 Å². The zero-order valence-corrected chi connectivity index (χ0v) is 14.6. The molecule has 0 aliphatic heterocycles. The van der Waals surface area contributed by atoms with Crippen molar-refractivity contribution >= 4 is 22.8 Å². The van der Waals surface area contributed by atoms with Crippen LogP contribution < -0.4 is 4.74 Å². The number of aryl methyl sites for hydroxylation is 1. The van der Waals surface area contributed by atoms with E-state index in [0.717, 1.165) is 33.1 Å². The van der Waals surface area contributed by atoms with Gasteiger partial charge in [0.15, 0.2) is 5.16 Å². The number of hydrogen-bond donors (Lipinski definition) is 1. The number of imidazole rings is 1. The van der Waals surface area contributed by atoms with Gasteiger partial charge in [0, 0.05) is 11.6 Å². The van der Waals surface area contributed by atoms with Crippen molar-refractivity contribution in [1.82, 2.24) is 20.1 Å². The predicted molar refractivity (Wildman–Crippen MR) is 96.7 cm³/mol. The standard InChI is InChI=1S/C18H16N4O2S/c1-11-5-3-4-6-13(11)17-21-16(24-22-17)10-25-18-19-14-8-7-12(23-2)9-15(14)20-18/h3-9H,10H2,1-2H3,(H,19,20). The molecule has 0 saturated heterocycles. The molecule has 0 saturated carbocycles. The lowest BCUT2D eigenvalue weighted by Gasteiger charge is -1.97. The molecule has 2 aromatic carbocycles. The topological polar surface area (TPSA) is 76.8 Å². The highest BCUT2D eigenvalue weighted by atomic mass is 32.2. The minimum absolute atomic E-state index is 0.551. The van der Waals surface area contributed by atoms with E-state index >= 15 is 0 Å². The van der Waals surface area contributed by atoms with Gasteiger partial charge in [-0.05, 0) is 24.6 Å². The fourth-order valence-corrected chi connectivity index (χ4v) is 3.26. The van der Waals surface area contributed by atoms with Crippen LogP contribution in [-0.2, 0) is 5.75 Å². The molecule has 0 unspecified atom stereocenters. The summed E-state index contributed by atoms with van der Waals surface area (Å²) < 4.78 is 10.6. The summed E-state index contributed by atoms with van der Waals surface area (Å²) in [6.07, 6.45) is 0. The number of benzene rings is 2. The maximum atomic E-state index is 5.36. The molecule has 0 aliphatic rings. The Hall–Kier alpha value is -2.80. The third kappa shape index (κ3) is 3.23. The predicted octanol–water partition coefficient (Wildman–Crippen LogP) is 4.22. The van der Waals surface area contributed by atoms with Gasteiger partial charge in [-0.25, -0.2) is 4.98 Å². The Morgan fingerprint density at radius 2 is 2.04 bits per heavy atom. The molecule has 4 rings (SSSR count). The van der Waals surface area contributed by atoms with E-state index in [2.05, 4.69) is 20.1 Å². The smallest absolute Gasteiger partial charge is 0.237 e. The fourth-order valence-electron chi connectivity index (χ4n) is 2.54. The molecular weight excluding hydrogens is 336 g/mol. The van der Waals surface area contributed by atoms with Crippen LogP contribution in [0.4, 0.5) is 0 Å². The van der Waals surface area contributed by atoms with Crippen molar-refractivity contribution in [2.45, 2.75) is 17.8 Å². The number of fused-ring (bicyclic) bond motifs is 1. The largest absolute Gasteiger partial charge is 0.497 e. The molecule has 4 aromatic rings. The molecule has 0 radical (unpaired) electrons. The van der Waals surface area contributed by atoms with Gasteiger partial charge in [0.25, 0.3) is 0 Å². The minimum Gasteiger partial charge on any atom is -0.497 e. The van der Waals surface area contributed by atoms with E-state index in [1.165, 1.54) is 11.8 Å². The third-order valence-corrected chi connectivity index (χ3v) is 4.71. The van der Waals surface area contributed by atoms with Crippen molar-refractivity contribution < 1.29 is 9.26 Å². The lowest BCUT2D eigenvalue weighted by atomic mass is 10.1. The molecule has 25 heavy (non-hydrogen) atoms. The van der Waals surface area contributed by atoms with E-state index in [1.807, 2.05) is 49.4 Å². The maximum Gasteiger partial charge on any atom is 0.237 e. The summed E-state index contributed by atoms with van der Waals surface area (Å²) in [5.74, 6) is 2.53. The number of aromatic nitrogens is 4. The molecule has 0 aliphatic carbocycles. The number of methoxy groups -OCH3 is 1. The van der Waals surface area contributed by atoms with Crippen molar-refractivity contribution in [1.29, 1.82) is 0 Å². The number of thioether (sulfide) groups is 1. The van der Waals surface area contributed by atoms with Gasteiger partial charge in [-0.3, -0.25) is 0 Å². The number of ether oxygens (including phenoxy) is 1. The van der Waals surface area contributed by atoms with Crippen LogP contribution in [0.2, 0.25) is 0 Å². The average molecular weight is 352 g/mol. The van der Waals surface area contributed by atoms with E-state index in [1.54, 1.807) is 7.11 Å². The van der Waals surface area contributed by atoms with E-state index in [-0.39, 0.29) is 0 Å². The Bertz CT molecular complexity index is 1020. The second kappa shape index (κ2) is 6.60. The number of hydrogen-bond acceptors (Lipinski definition) is 6. The fraction of sp³-hybridized carbons (Fsp3) is 0.167. The molecular formula is C18H16N4O2S. The van der Waals surface area contributed by atoms with E-state index in [4.69, 9.17) is 9.26 Å². The molecule has 1 N–H and O–H groups in total. The summed E-state index contributed by atoms with van der Waals surface area (Å²) in [7, 11) is 1.65. The van der Waals surface area contributed by atoms with Gasteiger partial charge in [0.2, 0.25) is 11.7 Å². The molecule has 0 amide bonds. The molecule has 126 valence electrons. The maximum absolute atomic E-state index is 5.36. The lowest BCUT2D eigenvalue weighted by molar-refractivity contribution is 0.391. The second-order valence-corrected chi connectivity index (χ2v) is 6.50. The molecule has 0 spiro atoms. The average Bonchev–Trinajstić information content (AvgIpc) is 3.26. The van der Waals surface area contributed by atoms with Crippen molar-refractivity contribution in [3.63, 3.8) is 0 Å². The summed E-state index contributed by atoms with van der Waals surface area (Å²) in [4.78, 5) is 12.3. The van der Waals surface area contributed by atoms with E-state index in [0.29, 0.717) is 17.5 Å². The first-order valence-electron chi connectivity index (χ1n) is 7.78. The zero-order chi connectivity index (χ0) is 17.2. The van der Waals surface area contributed by atoms with Gasteiger partial charge in [0.1, 0.15) is 5.75 Å². The second-order valence-electron chi connectivity index (χ2n) is 5.54. The summed E-state index contributed by atoms with van der Waals surface area (Å²) in [6.45, 7) is 2.03. The number of nitrogens with one attached hydrogen (secondary N) is 1. The summed E-state index contributed by atoms with van der Waals surface area (Å²) in [5.41, 5.74) is 3.94. The number of rotatable bonds is 5. The summed E-state index contributed by atoms with van der Waals surface area (Å²) in [6, 6.07) is 13.7. The van der Waals surface area contributed by atoms with Gasteiger partial charge >= 0.3 is 0 Å². The summed E-state index contributed by atoms with van der Waals surface area (Å²) >= 11 is 1.52. The van der Waals surface area contributed by atoms with Crippen molar-refractivity contribution in [2.24, 2.45) is 0 Å². The van der Waals surface area contributed by atoms with Crippen LogP contribution in [0.15, 0.2) is 52.1 Å². The van der Waals surface area contributed by atoms with Crippen LogP contribution in [0.1, 0.15) is 11.5 Å². The monoisotopic (exact) mass is 352 g/mol. The van der Waals surface area contributed by atoms with Crippen LogP contribution in [0.25, 0.3) is 22.4 Å². The van der Waals surface area contributed by atoms with Crippen LogP contribution in [-0.4, -0.2) is 27.2 Å². The van der Waals surface area contributed by atoms with Crippen LogP contribution in [0.5, 0.6) is 5.75 Å².